The Morgan fingerprint density at radius 2 is 1.78 bits per heavy atom. The zero-order chi connectivity index (χ0) is 19.2. The van der Waals surface area contributed by atoms with E-state index >= 15 is 0 Å². The van der Waals surface area contributed by atoms with Gasteiger partial charge >= 0.3 is 0 Å². The number of hydrogen-bond donors (Lipinski definition) is 0. The van der Waals surface area contributed by atoms with E-state index in [-0.39, 0.29) is 6.10 Å². The minimum absolute atomic E-state index is 0.277. The quantitative estimate of drug-likeness (QED) is 0.575. The topological polar surface area (TPSA) is 31.4 Å². The van der Waals surface area contributed by atoms with Crippen LogP contribution in [0, 0.1) is 5.92 Å². The normalized spacial score (nSPS) is 15.4. The molecule has 1 unspecified atom stereocenters. The summed E-state index contributed by atoms with van der Waals surface area (Å²) >= 11 is 0. The zero-order valence-electron chi connectivity index (χ0n) is 17.3. The van der Waals surface area contributed by atoms with E-state index in [9.17, 15) is 0 Å². The van der Waals surface area contributed by atoms with Crippen molar-refractivity contribution in [2.24, 2.45) is 5.92 Å². The van der Waals surface area contributed by atoms with Gasteiger partial charge in [0.1, 0.15) is 5.75 Å². The van der Waals surface area contributed by atoms with Crippen LogP contribution in [0.4, 0.5) is 0 Å². The van der Waals surface area contributed by atoms with E-state index < -0.39 is 0 Å². The molecule has 0 spiro atoms. The fourth-order valence-electron chi connectivity index (χ4n) is 4.12. The number of rotatable bonds is 9. The molecule has 1 aliphatic carbocycles. The Labute approximate surface area is 164 Å². The molecule has 2 aromatic rings. The maximum Gasteiger partial charge on any atom is 0.125 e. The van der Waals surface area contributed by atoms with E-state index in [2.05, 4.69) is 45.0 Å². The molecule has 3 rings (SSSR count). The lowest BCUT2D eigenvalue weighted by Gasteiger charge is -2.33. The molecule has 0 aliphatic heterocycles. The SMILES string of the molecule is CCOC(Cc1cnc(-c2c(CC)cccc2CC)cc1OC)C1CCC1. The molecule has 0 amide bonds. The van der Waals surface area contributed by atoms with Gasteiger partial charge in [-0.1, -0.05) is 38.5 Å². The maximum atomic E-state index is 6.05. The van der Waals surface area contributed by atoms with E-state index in [0.717, 1.165) is 42.9 Å². The van der Waals surface area contributed by atoms with Crippen LogP contribution in [-0.2, 0) is 24.0 Å². The molecular weight excluding hydrogens is 334 g/mol. The number of aryl methyl sites for hydroxylation is 2. The molecule has 146 valence electrons. The summed E-state index contributed by atoms with van der Waals surface area (Å²) < 4.78 is 11.8. The molecule has 0 saturated heterocycles. The second-order valence-corrected chi connectivity index (χ2v) is 7.43. The van der Waals surface area contributed by atoms with Crippen molar-refractivity contribution in [1.29, 1.82) is 0 Å². The number of aromatic nitrogens is 1. The molecule has 1 aromatic heterocycles. The van der Waals surface area contributed by atoms with Crippen molar-refractivity contribution in [2.75, 3.05) is 13.7 Å². The highest BCUT2D eigenvalue weighted by molar-refractivity contribution is 5.69. The first-order valence-corrected chi connectivity index (χ1v) is 10.5. The van der Waals surface area contributed by atoms with Gasteiger partial charge in [-0.15, -0.1) is 0 Å². The third-order valence-corrected chi connectivity index (χ3v) is 5.90. The van der Waals surface area contributed by atoms with Gasteiger partial charge in [0, 0.05) is 36.4 Å². The predicted octanol–water partition coefficient (Wildman–Crippen LogP) is 5.63. The van der Waals surface area contributed by atoms with Crippen molar-refractivity contribution in [2.45, 2.75) is 65.4 Å². The highest BCUT2D eigenvalue weighted by Gasteiger charge is 2.29. The Kier molecular flexibility index (Phi) is 6.89. The summed E-state index contributed by atoms with van der Waals surface area (Å²) in [6.07, 6.45) is 9.06. The molecule has 1 aliphatic rings. The van der Waals surface area contributed by atoms with E-state index in [4.69, 9.17) is 14.5 Å². The van der Waals surface area contributed by atoms with Gasteiger partial charge in [-0.05, 0) is 49.7 Å². The van der Waals surface area contributed by atoms with Crippen LogP contribution in [0.25, 0.3) is 11.3 Å². The van der Waals surface area contributed by atoms with Gasteiger partial charge in [-0.25, -0.2) is 0 Å². The van der Waals surface area contributed by atoms with Gasteiger partial charge < -0.3 is 9.47 Å². The van der Waals surface area contributed by atoms with E-state index in [1.165, 1.54) is 36.0 Å². The Morgan fingerprint density at radius 3 is 2.30 bits per heavy atom. The summed E-state index contributed by atoms with van der Waals surface area (Å²) in [6, 6.07) is 8.68. The smallest absolute Gasteiger partial charge is 0.125 e. The van der Waals surface area contributed by atoms with Crippen molar-refractivity contribution < 1.29 is 9.47 Å². The van der Waals surface area contributed by atoms with Crippen molar-refractivity contribution in [3.8, 4) is 17.0 Å². The lowest BCUT2D eigenvalue weighted by atomic mass is 9.79. The molecule has 0 bridgehead atoms. The van der Waals surface area contributed by atoms with Crippen LogP contribution in [0.3, 0.4) is 0 Å². The Morgan fingerprint density at radius 1 is 1.07 bits per heavy atom. The van der Waals surface area contributed by atoms with Crippen molar-refractivity contribution in [3.63, 3.8) is 0 Å². The zero-order valence-corrected chi connectivity index (χ0v) is 17.3. The third-order valence-electron chi connectivity index (χ3n) is 5.90. The van der Waals surface area contributed by atoms with Gasteiger partial charge in [0.05, 0.1) is 18.9 Å². The van der Waals surface area contributed by atoms with Crippen LogP contribution < -0.4 is 4.74 Å². The summed E-state index contributed by atoms with van der Waals surface area (Å²) in [4.78, 5) is 4.86. The first-order valence-electron chi connectivity index (χ1n) is 10.5. The molecule has 1 heterocycles. The van der Waals surface area contributed by atoms with Crippen LogP contribution in [0.15, 0.2) is 30.5 Å². The maximum absolute atomic E-state index is 6.05. The van der Waals surface area contributed by atoms with Gasteiger partial charge in [-0.2, -0.15) is 0 Å². The van der Waals surface area contributed by atoms with Gasteiger partial charge in [0.2, 0.25) is 0 Å². The Bertz CT molecular complexity index is 730. The molecular formula is C24H33NO2. The van der Waals surface area contributed by atoms with Crippen LogP contribution >= 0.6 is 0 Å². The fourth-order valence-corrected chi connectivity index (χ4v) is 4.12. The molecule has 27 heavy (non-hydrogen) atoms. The summed E-state index contributed by atoms with van der Waals surface area (Å²) in [5.74, 6) is 1.61. The van der Waals surface area contributed by atoms with Crippen LogP contribution in [0.1, 0.15) is 56.7 Å². The number of methoxy groups -OCH3 is 1. The van der Waals surface area contributed by atoms with E-state index in [1.807, 2.05) is 6.20 Å². The van der Waals surface area contributed by atoms with Crippen LogP contribution in [-0.4, -0.2) is 24.8 Å². The molecule has 3 nitrogen and oxygen atoms in total. The third kappa shape index (κ3) is 4.35. The monoisotopic (exact) mass is 367 g/mol. The molecule has 0 radical (unpaired) electrons. The Hall–Kier alpha value is -1.87. The first kappa shape index (κ1) is 19.9. The molecule has 1 atom stereocenters. The number of benzene rings is 1. The number of hydrogen-bond acceptors (Lipinski definition) is 3. The number of nitrogens with zero attached hydrogens (tertiary/aromatic N) is 1. The molecule has 1 saturated carbocycles. The minimum atomic E-state index is 0.277. The molecule has 1 aromatic carbocycles. The summed E-state index contributed by atoms with van der Waals surface area (Å²) in [7, 11) is 1.76. The van der Waals surface area contributed by atoms with Crippen molar-refractivity contribution >= 4 is 0 Å². The van der Waals surface area contributed by atoms with E-state index in [0.29, 0.717) is 5.92 Å². The highest BCUT2D eigenvalue weighted by atomic mass is 16.5. The highest BCUT2D eigenvalue weighted by Crippen LogP contribution is 2.36. The Balaban J connectivity index is 1.93. The summed E-state index contributed by atoms with van der Waals surface area (Å²) in [6.45, 7) is 7.25. The largest absolute Gasteiger partial charge is 0.496 e. The molecule has 1 fully saturated rings. The van der Waals surface area contributed by atoms with Crippen molar-refractivity contribution in [3.05, 3.63) is 47.2 Å². The second kappa shape index (κ2) is 9.36. The van der Waals surface area contributed by atoms with E-state index in [1.54, 1.807) is 7.11 Å². The fraction of sp³-hybridized carbons (Fsp3) is 0.542. The van der Waals surface area contributed by atoms with Gasteiger partial charge in [0.15, 0.2) is 0 Å². The predicted molar refractivity (Wildman–Crippen MR) is 111 cm³/mol. The number of pyridine rings is 1. The standard InChI is InChI=1S/C24H33NO2/c1-5-17-10-8-11-18(6-2)24(17)21-15-22(26-4)20(16-25-21)14-23(27-7-3)19-12-9-13-19/h8,10-11,15-16,19,23H,5-7,9,12-14H2,1-4H3. The first-order chi connectivity index (χ1) is 13.2. The second-order valence-electron chi connectivity index (χ2n) is 7.43. The van der Waals surface area contributed by atoms with Crippen LogP contribution in [0.2, 0.25) is 0 Å². The lowest BCUT2D eigenvalue weighted by Crippen LogP contribution is -2.31. The van der Waals surface area contributed by atoms with Gasteiger partial charge in [-0.3, -0.25) is 4.98 Å². The average Bonchev–Trinajstić information content (AvgIpc) is 2.66. The molecule has 0 N–H and O–H groups in total. The molecule has 3 heteroatoms. The summed E-state index contributed by atoms with van der Waals surface area (Å²) in [5.41, 5.74) is 6.13. The van der Waals surface area contributed by atoms with Crippen molar-refractivity contribution in [1.82, 2.24) is 4.98 Å². The average molecular weight is 368 g/mol. The minimum Gasteiger partial charge on any atom is -0.496 e. The van der Waals surface area contributed by atoms with Gasteiger partial charge in [0.25, 0.3) is 0 Å². The van der Waals surface area contributed by atoms with Crippen LogP contribution in [0.5, 0.6) is 5.75 Å². The lowest BCUT2D eigenvalue weighted by molar-refractivity contribution is -0.00708. The number of ether oxygens (including phenoxy) is 2. The summed E-state index contributed by atoms with van der Waals surface area (Å²) in [5, 5.41) is 0.